The van der Waals surface area contributed by atoms with Crippen LogP contribution in [-0.2, 0) is 13.6 Å². The van der Waals surface area contributed by atoms with Gasteiger partial charge in [0.2, 0.25) is 0 Å². The zero-order valence-electron chi connectivity index (χ0n) is 13.9. The van der Waals surface area contributed by atoms with Gasteiger partial charge in [0, 0.05) is 43.4 Å². The van der Waals surface area contributed by atoms with Crippen LogP contribution in [0.1, 0.15) is 27.3 Å². The molecule has 0 bridgehead atoms. The summed E-state index contributed by atoms with van der Waals surface area (Å²) in [5.41, 5.74) is 5.00. The van der Waals surface area contributed by atoms with Gasteiger partial charge in [0.05, 0.1) is 17.0 Å². The average molecular weight is 321 g/mol. The second-order valence-corrected chi connectivity index (χ2v) is 5.64. The molecule has 0 aliphatic carbocycles. The maximum absolute atomic E-state index is 12.4. The molecule has 6 nitrogen and oxygen atoms in total. The molecule has 3 heterocycles. The minimum Gasteiger partial charge on any atom is -0.348 e. The first-order valence-corrected chi connectivity index (χ1v) is 7.70. The molecule has 0 saturated heterocycles. The summed E-state index contributed by atoms with van der Waals surface area (Å²) in [4.78, 5) is 20.9. The number of rotatable bonds is 4. The maximum Gasteiger partial charge on any atom is 0.255 e. The van der Waals surface area contributed by atoms with E-state index < -0.39 is 0 Å². The standard InChI is InChI=1S/C18H19N5O/c1-12-17(13(2)23(3)22-12)18(24)21-10-14-6-8-20-16(9-14)15-5-4-7-19-11-15/h4-9,11H,10H2,1-3H3,(H,21,24). The molecule has 0 aliphatic heterocycles. The minimum atomic E-state index is -0.113. The first kappa shape index (κ1) is 15.9. The summed E-state index contributed by atoms with van der Waals surface area (Å²) >= 11 is 0. The topological polar surface area (TPSA) is 72.7 Å². The number of hydrogen-bond acceptors (Lipinski definition) is 4. The van der Waals surface area contributed by atoms with Crippen molar-refractivity contribution in [2.75, 3.05) is 0 Å². The molecule has 3 rings (SSSR count). The van der Waals surface area contributed by atoms with Gasteiger partial charge in [-0.2, -0.15) is 5.10 Å². The quantitative estimate of drug-likeness (QED) is 0.801. The van der Waals surface area contributed by atoms with E-state index in [4.69, 9.17) is 0 Å². The molecule has 1 N–H and O–H groups in total. The van der Waals surface area contributed by atoms with E-state index in [1.165, 1.54) is 0 Å². The Hall–Kier alpha value is -3.02. The van der Waals surface area contributed by atoms with Crippen LogP contribution in [-0.4, -0.2) is 25.7 Å². The van der Waals surface area contributed by atoms with E-state index in [0.29, 0.717) is 12.1 Å². The number of aromatic nitrogens is 4. The van der Waals surface area contributed by atoms with Gasteiger partial charge in [-0.1, -0.05) is 0 Å². The summed E-state index contributed by atoms with van der Waals surface area (Å²) in [5.74, 6) is -0.113. The van der Waals surface area contributed by atoms with Gasteiger partial charge in [0.15, 0.2) is 0 Å². The van der Waals surface area contributed by atoms with Crippen molar-refractivity contribution in [1.29, 1.82) is 0 Å². The summed E-state index contributed by atoms with van der Waals surface area (Å²) in [6, 6.07) is 7.68. The molecule has 0 radical (unpaired) electrons. The van der Waals surface area contributed by atoms with Crippen LogP contribution in [0, 0.1) is 13.8 Å². The molecular weight excluding hydrogens is 302 g/mol. The Morgan fingerprint density at radius 1 is 1.25 bits per heavy atom. The van der Waals surface area contributed by atoms with Crippen molar-refractivity contribution in [2.24, 2.45) is 7.05 Å². The predicted octanol–water partition coefficient (Wildman–Crippen LogP) is 2.42. The van der Waals surface area contributed by atoms with E-state index in [1.807, 2.05) is 45.2 Å². The van der Waals surface area contributed by atoms with E-state index in [2.05, 4.69) is 20.4 Å². The maximum atomic E-state index is 12.4. The first-order chi connectivity index (χ1) is 11.6. The normalized spacial score (nSPS) is 10.6. The Morgan fingerprint density at radius 3 is 2.75 bits per heavy atom. The van der Waals surface area contributed by atoms with Crippen LogP contribution >= 0.6 is 0 Å². The molecule has 0 aliphatic rings. The third-order valence-electron chi connectivity index (χ3n) is 3.97. The SMILES string of the molecule is Cc1nn(C)c(C)c1C(=O)NCc1ccnc(-c2cccnc2)c1. The van der Waals surface area contributed by atoms with Crippen LogP contribution in [0.5, 0.6) is 0 Å². The molecule has 0 spiro atoms. The Labute approximate surface area is 140 Å². The lowest BCUT2D eigenvalue weighted by atomic mass is 10.1. The van der Waals surface area contributed by atoms with Crippen LogP contribution in [0.2, 0.25) is 0 Å². The molecule has 0 atom stereocenters. The zero-order chi connectivity index (χ0) is 17.1. The Morgan fingerprint density at radius 2 is 2.08 bits per heavy atom. The number of aryl methyl sites for hydroxylation is 2. The molecule has 24 heavy (non-hydrogen) atoms. The van der Waals surface area contributed by atoms with Crippen LogP contribution in [0.25, 0.3) is 11.3 Å². The van der Waals surface area contributed by atoms with Gasteiger partial charge in [-0.25, -0.2) is 0 Å². The van der Waals surface area contributed by atoms with Crippen molar-refractivity contribution in [3.63, 3.8) is 0 Å². The fourth-order valence-electron chi connectivity index (χ4n) is 2.63. The van der Waals surface area contributed by atoms with Crippen LogP contribution in [0.4, 0.5) is 0 Å². The van der Waals surface area contributed by atoms with Gasteiger partial charge in [0.1, 0.15) is 0 Å². The molecule has 1 amide bonds. The van der Waals surface area contributed by atoms with E-state index in [0.717, 1.165) is 28.2 Å². The summed E-state index contributed by atoms with van der Waals surface area (Å²) in [5, 5.41) is 7.23. The molecule has 0 aromatic carbocycles. The fourth-order valence-corrected chi connectivity index (χ4v) is 2.63. The molecule has 0 saturated carbocycles. The second-order valence-electron chi connectivity index (χ2n) is 5.64. The highest BCUT2D eigenvalue weighted by Gasteiger charge is 2.16. The minimum absolute atomic E-state index is 0.113. The van der Waals surface area contributed by atoms with E-state index in [1.54, 1.807) is 23.3 Å². The van der Waals surface area contributed by atoms with Crippen molar-refractivity contribution in [1.82, 2.24) is 25.1 Å². The Kier molecular flexibility index (Phi) is 4.37. The van der Waals surface area contributed by atoms with Crippen LogP contribution < -0.4 is 5.32 Å². The molecule has 6 heteroatoms. The van der Waals surface area contributed by atoms with Crippen molar-refractivity contribution in [3.05, 3.63) is 65.4 Å². The van der Waals surface area contributed by atoms with Gasteiger partial charge in [-0.15, -0.1) is 0 Å². The van der Waals surface area contributed by atoms with Gasteiger partial charge >= 0.3 is 0 Å². The number of nitrogens with zero attached hydrogens (tertiary/aromatic N) is 4. The van der Waals surface area contributed by atoms with Crippen molar-refractivity contribution < 1.29 is 4.79 Å². The highest BCUT2D eigenvalue weighted by molar-refractivity contribution is 5.96. The Bertz CT molecular complexity index is 870. The van der Waals surface area contributed by atoms with Gasteiger partial charge in [-0.05, 0) is 43.7 Å². The summed E-state index contributed by atoms with van der Waals surface area (Å²) in [6.07, 6.45) is 5.24. The molecule has 0 unspecified atom stereocenters. The first-order valence-electron chi connectivity index (χ1n) is 7.70. The zero-order valence-corrected chi connectivity index (χ0v) is 13.9. The second kappa shape index (κ2) is 6.62. The molecule has 3 aromatic rings. The largest absolute Gasteiger partial charge is 0.348 e. The van der Waals surface area contributed by atoms with E-state index in [9.17, 15) is 4.79 Å². The van der Waals surface area contributed by atoms with Crippen molar-refractivity contribution >= 4 is 5.91 Å². The molecule has 0 fully saturated rings. The van der Waals surface area contributed by atoms with Crippen LogP contribution in [0.15, 0.2) is 42.9 Å². The monoisotopic (exact) mass is 321 g/mol. The summed E-state index contributed by atoms with van der Waals surface area (Å²) < 4.78 is 1.72. The van der Waals surface area contributed by atoms with Gasteiger partial charge in [0.25, 0.3) is 5.91 Å². The highest BCUT2D eigenvalue weighted by atomic mass is 16.1. The van der Waals surface area contributed by atoms with E-state index >= 15 is 0 Å². The lowest BCUT2D eigenvalue weighted by Gasteiger charge is -2.07. The third-order valence-corrected chi connectivity index (χ3v) is 3.97. The molecule has 3 aromatic heterocycles. The number of hydrogen-bond donors (Lipinski definition) is 1. The molecular formula is C18H19N5O. The summed E-state index contributed by atoms with van der Waals surface area (Å²) in [7, 11) is 1.84. The van der Waals surface area contributed by atoms with Crippen molar-refractivity contribution in [3.8, 4) is 11.3 Å². The van der Waals surface area contributed by atoms with Gasteiger partial charge < -0.3 is 5.32 Å². The average Bonchev–Trinajstić information content (AvgIpc) is 2.86. The number of amides is 1. The lowest BCUT2D eigenvalue weighted by molar-refractivity contribution is 0.0949. The summed E-state index contributed by atoms with van der Waals surface area (Å²) in [6.45, 7) is 4.17. The Balaban J connectivity index is 1.74. The predicted molar refractivity (Wildman–Crippen MR) is 91.3 cm³/mol. The lowest BCUT2D eigenvalue weighted by Crippen LogP contribution is -2.24. The molecule has 122 valence electrons. The van der Waals surface area contributed by atoms with Crippen molar-refractivity contribution in [2.45, 2.75) is 20.4 Å². The number of carbonyl (C=O) groups excluding carboxylic acids is 1. The number of pyridine rings is 2. The number of carbonyl (C=O) groups is 1. The third kappa shape index (κ3) is 3.17. The van der Waals surface area contributed by atoms with E-state index in [-0.39, 0.29) is 5.91 Å². The smallest absolute Gasteiger partial charge is 0.255 e. The highest BCUT2D eigenvalue weighted by Crippen LogP contribution is 2.16. The van der Waals surface area contributed by atoms with Gasteiger partial charge in [-0.3, -0.25) is 19.4 Å². The van der Waals surface area contributed by atoms with Crippen LogP contribution in [0.3, 0.4) is 0 Å². The number of nitrogens with one attached hydrogen (secondary N) is 1. The fraction of sp³-hybridized carbons (Fsp3) is 0.222.